The highest BCUT2D eigenvalue weighted by Crippen LogP contribution is 2.59. The van der Waals surface area contributed by atoms with Gasteiger partial charge in [-0.1, -0.05) is 103 Å². The molecule has 0 bridgehead atoms. The van der Waals surface area contributed by atoms with Crippen LogP contribution in [-0.4, -0.2) is 0 Å². The molecule has 0 saturated carbocycles. The molecule has 0 atom stereocenters. The Hall–Kier alpha value is -4.25. The molecule has 0 fully saturated rings. The molecule has 1 heteroatoms. The lowest BCUT2D eigenvalue weighted by Gasteiger charge is -2.29. The van der Waals surface area contributed by atoms with E-state index in [2.05, 4.69) is 158 Å². The van der Waals surface area contributed by atoms with Gasteiger partial charge in [0.05, 0.1) is 6.16 Å². The normalized spacial score (nSPS) is 11.8. The van der Waals surface area contributed by atoms with Gasteiger partial charge in [-0.15, -0.1) is 0 Å². The number of rotatable bonds is 5. The van der Waals surface area contributed by atoms with Gasteiger partial charge in [0, 0.05) is 5.56 Å². The maximum atomic E-state index is 2.42. The highest BCUT2D eigenvalue weighted by Gasteiger charge is 2.46. The van der Waals surface area contributed by atoms with Crippen LogP contribution in [0.25, 0.3) is 32.3 Å². The first kappa shape index (κ1) is 22.9. The molecule has 0 radical (unpaired) electrons. The molecule has 0 aliphatic heterocycles. The van der Waals surface area contributed by atoms with Crippen LogP contribution < -0.4 is 15.9 Å². The molecule has 7 rings (SSSR count). The number of fused-ring (bicyclic) bond motifs is 3. The zero-order valence-electron chi connectivity index (χ0n) is 21.2. The molecule has 0 nitrogen and oxygen atoms in total. The average Bonchev–Trinajstić information content (AvgIpc) is 3.00. The van der Waals surface area contributed by atoms with Crippen LogP contribution in [0.1, 0.15) is 5.56 Å². The van der Waals surface area contributed by atoms with Crippen molar-refractivity contribution in [3.05, 3.63) is 163 Å². The molecule has 7 aromatic rings. The molecule has 7 aromatic carbocycles. The molecule has 0 aromatic heterocycles. The third-order valence-electron chi connectivity index (χ3n) is 7.83. The summed E-state index contributed by atoms with van der Waals surface area (Å²) in [5.41, 5.74) is 1.44. The van der Waals surface area contributed by atoms with Gasteiger partial charge in [0.15, 0.2) is 0 Å². The summed E-state index contributed by atoms with van der Waals surface area (Å²) >= 11 is 0. The van der Waals surface area contributed by atoms with Crippen molar-refractivity contribution in [1.29, 1.82) is 0 Å². The van der Waals surface area contributed by atoms with Gasteiger partial charge in [-0.2, -0.15) is 0 Å². The van der Waals surface area contributed by atoms with Crippen LogP contribution >= 0.6 is 7.26 Å². The standard InChI is InChI=1S/C37H28P/c1-4-17-32(18-5-1)38(33-19-6-2-7-20-33,34-21-8-3-9-22-34)27-37-35-23-13-12-16-30(35)25-31-24-28-14-10-11-15-29(28)26-36(31)37/h1-26H,27H2/q+1. The molecule has 0 spiro atoms. The second kappa shape index (κ2) is 9.56. The van der Waals surface area contributed by atoms with E-state index in [0.29, 0.717) is 0 Å². The molecular formula is C37H28P+. The van der Waals surface area contributed by atoms with Gasteiger partial charge in [-0.3, -0.25) is 0 Å². The zero-order chi connectivity index (χ0) is 25.4. The Balaban J connectivity index is 1.61. The maximum Gasteiger partial charge on any atom is 0.116 e. The van der Waals surface area contributed by atoms with Crippen molar-refractivity contribution >= 4 is 55.5 Å². The van der Waals surface area contributed by atoms with Gasteiger partial charge < -0.3 is 0 Å². The quantitative estimate of drug-likeness (QED) is 0.163. The average molecular weight is 504 g/mol. The smallest absolute Gasteiger partial charge is 0.0620 e. The van der Waals surface area contributed by atoms with Crippen LogP contribution in [0.2, 0.25) is 0 Å². The van der Waals surface area contributed by atoms with E-state index in [0.717, 1.165) is 6.16 Å². The van der Waals surface area contributed by atoms with Crippen molar-refractivity contribution in [1.82, 2.24) is 0 Å². The van der Waals surface area contributed by atoms with E-state index < -0.39 is 7.26 Å². The first-order chi connectivity index (χ1) is 18.8. The van der Waals surface area contributed by atoms with Crippen molar-refractivity contribution in [2.24, 2.45) is 0 Å². The Kier molecular flexibility index (Phi) is 5.77. The lowest BCUT2D eigenvalue weighted by atomic mass is 9.95. The predicted octanol–water partition coefficient (Wildman–Crippen LogP) is 8.64. The Bertz CT molecular complexity index is 1770. The Morgan fingerprint density at radius 3 is 1.32 bits per heavy atom. The molecule has 38 heavy (non-hydrogen) atoms. The molecule has 0 N–H and O–H groups in total. The highest BCUT2D eigenvalue weighted by atomic mass is 31.2. The third-order valence-corrected chi connectivity index (χ3v) is 12.2. The zero-order valence-corrected chi connectivity index (χ0v) is 22.1. The van der Waals surface area contributed by atoms with Crippen molar-refractivity contribution in [2.75, 3.05) is 0 Å². The van der Waals surface area contributed by atoms with Crippen LogP contribution in [0.5, 0.6) is 0 Å². The molecule has 0 amide bonds. The van der Waals surface area contributed by atoms with Crippen molar-refractivity contribution in [3.63, 3.8) is 0 Å². The van der Waals surface area contributed by atoms with Gasteiger partial charge in [-0.05, 0) is 86.9 Å². The Morgan fingerprint density at radius 1 is 0.342 bits per heavy atom. The summed E-state index contributed by atoms with van der Waals surface area (Å²) in [6.45, 7) is 0. The summed E-state index contributed by atoms with van der Waals surface area (Å²) < 4.78 is 0. The first-order valence-corrected chi connectivity index (χ1v) is 15.2. The number of benzene rings is 7. The summed E-state index contributed by atoms with van der Waals surface area (Å²) in [7, 11) is -2.04. The molecular weight excluding hydrogens is 475 g/mol. The third kappa shape index (κ3) is 3.81. The van der Waals surface area contributed by atoms with Crippen LogP contribution in [0.15, 0.2) is 158 Å². The Morgan fingerprint density at radius 2 is 0.763 bits per heavy atom. The molecule has 0 aliphatic rings. The van der Waals surface area contributed by atoms with Gasteiger partial charge in [0.2, 0.25) is 0 Å². The van der Waals surface area contributed by atoms with Crippen LogP contribution in [0, 0.1) is 0 Å². The van der Waals surface area contributed by atoms with E-state index in [1.54, 1.807) is 0 Å². The topological polar surface area (TPSA) is 0 Å². The second-order valence-corrected chi connectivity index (χ2v) is 13.5. The highest BCUT2D eigenvalue weighted by molar-refractivity contribution is 7.95. The van der Waals surface area contributed by atoms with Gasteiger partial charge in [-0.25, -0.2) is 0 Å². The minimum Gasteiger partial charge on any atom is -0.0620 e. The minimum atomic E-state index is -2.04. The molecule has 0 unspecified atom stereocenters. The summed E-state index contributed by atoms with van der Waals surface area (Å²) in [6, 6.07) is 58.5. The van der Waals surface area contributed by atoms with E-state index in [-0.39, 0.29) is 0 Å². The summed E-state index contributed by atoms with van der Waals surface area (Å²) in [5, 5.41) is 12.1. The predicted molar refractivity (Wildman–Crippen MR) is 168 cm³/mol. The summed E-state index contributed by atoms with van der Waals surface area (Å²) in [4.78, 5) is 0. The summed E-state index contributed by atoms with van der Waals surface area (Å²) in [6.07, 6.45) is 0.960. The lowest BCUT2D eigenvalue weighted by Crippen LogP contribution is -2.32. The fourth-order valence-electron chi connectivity index (χ4n) is 6.02. The second-order valence-electron chi connectivity index (χ2n) is 9.97. The van der Waals surface area contributed by atoms with Gasteiger partial charge in [0.1, 0.15) is 23.2 Å². The molecule has 0 saturated heterocycles. The fourth-order valence-corrected chi connectivity index (χ4v) is 10.3. The van der Waals surface area contributed by atoms with E-state index in [1.807, 2.05) is 0 Å². The maximum absolute atomic E-state index is 2.42. The summed E-state index contributed by atoms with van der Waals surface area (Å²) in [5.74, 6) is 0. The number of hydrogen-bond donors (Lipinski definition) is 0. The van der Waals surface area contributed by atoms with E-state index >= 15 is 0 Å². The van der Waals surface area contributed by atoms with Gasteiger partial charge >= 0.3 is 0 Å². The largest absolute Gasteiger partial charge is 0.116 e. The number of hydrogen-bond acceptors (Lipinski definition) is 0. The lowest BCUT2D eigenvalue weighted by molar-refractivity contribution is 1.47. The molecule has 180 valence electrons. The van der Waals surface area contributed by atoms with E-state index in [4.69, 9.17) is 0 Å². The fraction of sp³-hybridized carbons (Fsp3) is 0.0270. The first-order valence-electron chi connectivity index (χ1n) is 13.2. The molecule has 0 heterocycles. The van der Waals surface area contributed by atoms with Gasteiger partial charge in [0.25, 0.3) is 0 Å². The minimum absolute atomic E-state index is 0.960. The molecule has 0 aliphatic carbocycles. The SMILES string of the molecule is c1ccc([P+](Cc2c3ccccc3cc3cc4ccccc4cc23)(c2ccccc2)c2ccccc2)cc1. The van der Waals surface area contributed by atoms with Crippen LogP contribution in [0.3, 0.4) is 0 Å². The monoisotopic (exact) mass is 503 g/mol. The van der Waals surface area contributed by atoms with Crippen LogP contribution in [-0.2, 0) is 6.16 Å². The Labute approximate surface area is 224 Å². The van der Waals surface area contributed by atoms with E-state index in [9.17, 15) is 0 Å². The van der Waals surface area contributed by atoms with Crippen molar-refractivity contribution < 1.29 is 0 Å². The van der Waals surface area contributed by atoms with E-state index in [1.165, 1.54) is 53.8 Å². The van der Waals surface area contributed by atoms with Crippen LogP contribution in [0.4, 0.5) is 0 Å². The van der Waals surface area contributed by atoms with Crippen molar-refractivity contribution in [2.45, 2.75) is 6.16 Å². The van der Waals surface area contributed by atoms with Crippen molar-refractivity contribution in [3.8, 4) is 0 Å².